The van der Waals surface area contributed by atoms with E-state index in [0.29, 0.717) is 0 Å². The zero-order valence-electron chi connectivity index (χ0n) is 30.2. The van der Waals surface area contributed by atoms with Gasteiger partial charge in [-0.15, -0.1) is 18.2 Å². The smallest absolute Gasteiger partial charge is 0 e. The third kappa shape index (κ3) is 7.40. The summed E-state index contributed by atoms with van der Waals surface area (Å²) in [4.78, 5) is 15.5. The largest absolute Gasteiger partial charge is 0 e. The van der Waals surface area contributed by atoms with Crippen LogP contribution in [0.1, 0.15) is 37.9 Å². The Balaban J connectivity index is 0.000000188. The monoisotopic (exact) mass is 912 g/mol. The number of imidazole rings is 1. The van der Waals surface area contributed by atoms with Gasteiger partial charge < -0.3 is 4.57 Å². The Morgan fingerprint density at radius 1 is 0.840 bits per heavy atom. The van der Waals surface area contributed by atoms with Crippen molar-refractivity contribution in [2.75, 3.05) is 0 Å². The van der Waals surface area contributed by atoms with Gasteiger partial charge in [-0.2, -0.15) is 11.3 Å². The summed E-state index contributed by atoms with van der Waals surface area (Å²) in [6.45, 7) is 6.72. The molecule has 253 valence electrons. The standard InChI is InChI=1S/C26H18N3S.C17H22GeN.Ir/c1-17-14-15-20-19-10-7-11-21(24(19)30-26(20)27-17)25-28-22-12-5-6-13-23(22)29(25)16-18-8-3-2-4-9-18;1-13(2)15-11-17(14-9-7-6-8-10-14)19-12-16(15)18(3,4)5;/h2-10,12-15H,16H2,1H3;6-9,11-13H,1-5H3;/q2*-1;/i;13D;. The normalized spacial score (nSPS) is 12.0. The van der Waals surface area contributed by atoms with E-state index in [1.807, 2.05) is 63.4 Å². The van der Waals surface area contributed by atoms with Crippen molar-refractivity contribution >= 4 is 60.3 Å². The molecule has 0 saturated heterocycles. The zero-order chi connectivity index (χ0) is 35.0. The molecule has 0 aliphatic rings. The van der Waals surface area contributed by atoms with E-state index < -0.39 is 19.2 Å². The van der Waals surface area contributed by atoms with Gasteiger partial charge >= 0.3 is 120 Å². The number of nitrogens with zero attached hydrogens (tertiary/aromatic N) is 4. The number of para-hydroxylation sites is 2. The molecule has 4 aromatic carbocycles. The van der Waals surface area contributed by atoms with Gasteiger partial charge in [0.2, 0.25) is 0 Å². The van der Waals surface area contributed by atoms with E-state index >= 15 is 0 Å². The molecule has 4 nitrogen and oxygen atoms in total. The number of thiophene rings is 1. The molecule has 0 fully saturated rings. The number of pyridine rings is 2. The summed E-state index contributed by atoms with van der Waals surface area (Å²) >= 11 is -0.299. The Hall–Kier alpha value is -3.94. The maximum Gasteiger partial charge on any atom is 0 e. The van der Waals surface area contributed by atoms with Gasteiger partial charge in [0.05, 0.1) is 16.9 Å². The number of benzene rings is 4. The summed E-state index contributed by atoms with van der Waals surface area (Å²) in [6.07, 6.45) is 2.00. The fourth-order valence-corrected chi connectivity index (χ4v) is 10.8. The van der Waals surface area contributed by atoms with Crippen molar-refractivity contribution in [1.82, 2.24) is 19.5 Å². The Morgan fingerprint density at radius 3 is 2.34 bits per heavy atom. The Labute approximate surface area is 316 Å². The minimum absolute atomic E-state index is 0. The van der Waals surface area contributed by atoms with E-state index in [1.165, 1.54) is 25.4 Å². The third-order valence-corrected chi connectivity index (χ3v) is 14.1. The van der Waals surface area contributed by atoms with Crippen LogP contribution in [0.2, 0.25) is 17.3 Å². The van der Waals surface area contributed by atoms with Gasteiger partial charge in [-0.05, 0) is 40.8 Å². The van der Waals surface area contributed by atoms with Crippen molar-refractivity contribution in [3.63, 3.8) is 0 Å². The molecule has 0 bridgehead atoms. The van der Waals surface area contributed by atoms with E-state index in [0.717, 1.165) is 56.3 Å². The summed E-state index contributed by atoms with van der Waals surface area (Å²) in [5.74, 6) is 7.40. The van der Waals surface area contributed by atoms with Crippen LogP contribution in [0, 0.1) is 19.1 Å². The first-order valence-electron chi connectivity index (χ1n) is 17.2. The van der Waals surface area contributed by atoms with Gasteiger partial charge in [-0.25, -0.2) is 4.98 Å². The van der Waals surface area contributed by atoms with Crippen molar-refractivity contribution in [1.29, 1.82) is 0 Å². The van der Waals surface area contributed by atoms with Crippen LogP contribution in [0.3, 0.4) is 0 Å². The van der Waals surface area contributed by atoms with Crippen molar-refractivity contribution in [2.24, 2.45) is 0 Å². The van der Waals surface area contributed by atoms with Crippen molar-refractivity contribution in [2.45, 2.75) is 50.5 Å². The van der Waals surface area contributed by atoms with Crippen LogP contribution in [-0.4, -0.2) is 32.8 Å². The number of aromatic nitrogens is 4. The molecule has 7 heteroatoms. The second kappa shape index (κ2) is 15.1. The van der Waals surface area contributed by atoms with Crippen LogP contribution in [0.15, 0.2) is 115 Å². The number of hydrogen-bond donors (Lipinski definition) is 0. The minimum atomic E-state index is -2.03. The van der Waals surface area contributed by atoms with Crippen LogP contribution < -0.4 is 4.40 Å². The zero-order valence-corrected chi connectivity index (χ0v) is 34.5. The maximum atomic E-state index is 8.44. The molecule has 50 heavy (non-hydrogen) atoms. The number of rotatable bonds is 6. The van der Waals surface area contributed by atoms with Crippen LogP contribution in [0.4, 0.5) is 0 Å². The molecular formula is C43H40GeIrN4S-2. The van der Waals surface area contributed by atoms with Crippen LogP contribution in [0.5, 0.6) is 0 Å². The topological polar surface area (TPSA) is 43.6 Å². The molecule has 0 N–H and O–H groups in total. The molecule has 1 radical (unpaired) electrons. The molecule has 0 saturated carbocycles. The second-order valence-corrected chi connectivity index (χ2v) is 25.2. The molecule has 0 amide bonds. The van der Waals surface area contributed by atoms with Crippen molar-refractivity contribution < 1.29 is 21.5 Å². The van der Waals surface area contributed by atoms with Crippen LogP contribution in [-0.2, 0) is 26.7 Å². The molecule has 4 heterocycles. The molecule has 8 rings (SSSR count). The van der Waals surface area contributed by atoms with Gasteiger partial charge in [0.15, 0.2) is 0 Å². The Kier molecular flexibility index (Phi) is 10.4. The van der Waals surface area contributed by atoms with E-state index in [2.05, 4.69) is 112 Å². The molecule has 0 aliphatic carbocycles. The Morgan fingerprint density at radius 2 is 1.60 bits per heavy atom. The minimum Gasteiger partial charge on any atom is 0 e. The predicted molar refractivity (Wildman–Crippen MR) is 211 cm³/mol. The van der Waals surface area contributed by atoms with E-state index in [4.69, 9.17) is 11.3 Å². The van der Waals surface area contributed by atoms with Gasteiger partial charge in [-0.3, -0.25) is 4.98 Å². The van der Waals surface area contributed by atoms with Gasteiger partial charge in [0.1, 0.15) is 4.83 Å². The maximum absolute atomic E-state index is 8.44. The fraction of sp³-hybridized carbons (Fsp3) is 0.186. The molecule has 0 unspecified atom stereocenters. The average molecular weight is 911 g/mol. The second-order valence-electron chi connectivity index (χ2n) is 13.6. The first kappa shape index (κ1) is 34.5. The first-order valence-corrected chi connectivity index (χ1v) is 24.8. The van der Waals surface area contributed by atoms with E-state index in [9.17, 15) is 0 Å². The van der Waals surface area contributed by atoms with Gasteiger partial charge in [0.25, 0.3) is 0 Å². The summed E-state index contributed by atoms with van der Waals surface area (Å²) in [6, 6.07) is 43.9. The summed E-state index contributed by atoms with van der Waals surface area (Å²) in [5, 5.41) is 2.41. The van der Waals surface area contributed by atoms with Crippen LogP contribution >= 0.6 is 11.3 Å². The fourth-order valence-electron chi connectivity index (χ4n) is 6.24. The number of hydrogen-bond acceptors (Lipinski definition) is 4. The quantitative estimate of drug-likeness (QED) is 0.123. The van der Waals surface area contributed by atoms with Crippen molar-refractivity contribution in [3.8, 4) is 22.6 Å². The number of aryl methyl sites for hydroxylation is 1. The molecule has 0 atom stereocenters. The van der Waals surface area contributed by atoms with Gasteiger partial charge in [-0.1, -0.05) is 59.5 Å². The van der Waals surface area contributed by atoms with Crippen LogP contribution in [0.25, 0.3) is 54.0 Å². The van der Waals surface area contributed by atoms with Crippen molar-refractivity contribution in [3.05, 3.63) is 144 Å². The van der Waals surface area contributed by atoms with E-state index in [-0.39, 0.29) is 20.1 Å². The summed E-state index contributed by atoms with van der Waals surface area (Å²) in [5.41, 5.74) is 8.49. The number of fused-ring (bicyclic) bond motifs is 4. The predicted octanol–water partition coefficient (Wildman–Crippen LogP) is 10.8. The third-order valence-electron chi connectivity index (χ3n) is 8.74. The average Bonchev–Trinajstić information content (AvgIpc) is 3.66. The Bertz CT molecular complexity index is 2450. The molecule has 0 aliphatic heterocycles. The molecule has 0 spiro atoms. The molecular weight excluding hydrogens is 869 g/mol. The summed E-state index contributed by atoms with van der Waals surface area (Å²) in [7, 11) is 0. The molecule has 8 aromatic rings. The summed E-state index contributed by atoms with van der Waals surface area (Å²) < 4.78 is 13.3. The molecule has 4 aromatic heterocycles. The SMILES string of the molecule is Cc1ccc2c(n1)sc1c(-c3nc4ccccc4n3Cc3ccccc3)[c-]ccc12.[2H]C(C)(C)c1cc(-c2[c-]cccc2)nc[c]1[Ge]([CH3])([CH3])[CH3].[Ir]. The van der Waals surface area contributed by atoms with Gasteiger partial charge in [0, 0.05) is 32.3 Å². The first-order chi connectivity index (χ1) is 24.0. The van der Waals surface area contributed by atoms with E-state index in [1.54, 1.807) is 11.3 Å².